The van der Waals surface area contributed by atoms with Crippen LogP contribution in [-0.4, -0.2) is 48.4 Å². The van der Waals surface area contributed by atoms with Gasteiger partial charge in [0, 0.05) is 31.4 Å². The third-order valence-electron chi connectivity index (χ3n) is 5.94. The highest BCUT2D eigenvalue weighted by atomic mass is 19.1. The Bertz CT molecular complexity index is 900. The number of nitrogens with zero attached hydrogens (tertiary/aromatic N) is 2. The Hall–Kier alpha value is -2.80. The van der Waals surface area contributed by atoms with Crippen LogP contribution in [0.2, 0.25) is 0 Å². The minimum Gasteiger partial charge on any atom is -0.366 e. The van der Waals surface area contributed by atoms with Crippen LogP contribution >= 0.6 is 0 Å². The predicted molar refractivity (Wildman–Crippen MR) is 118 cm³/mol. The van der Waals surface area contributed by atoms with Gasteiger partial charge in [-0.25, -0.2) is 4.39 Å². The zero-order valence-electron chi connectivity index (χ0n) is 18.2. The number of nitrogens with one attached hydrogen (secondary N) is 1. The first kappa shape index (κ1) is 22.9. The summed E-state index contributed by atoms with van der Waals surface area (Å²) < 4.78 is 14.1. The topological polar surface area (TPSA) is 88.3 Å². The predicted octanol–water partition coefficient (Wildman–Crippen LogP) is 2.88. The normalized spacial score (nSPS) is 15.5. The van der Waals surface area contributed by atoms with Crippen molar-refractivity contribution in [2.45, 2.75) is 44.1 Å². The van der Waals surface area contributed by atoms with E-state index in [4.69, 9.17) is 5.73 Å². The standard InChI is InChI=1S/C24H31FN4O2/c1-29(2)20(11-17-7-8-21(24(26)31)22(25)12-17)15-28-23(30)13-19(10-16-5-6-16)18-4-3-9-27-14-18/h3-4,7-9,12,14,16,19-20H,5-6,10-11,13,15H2,1-2H3,(H2,26,31)(H,28,30)/t19-,20+/m1/s1. The number of hydrogen-bond donors (Lipinski definition) is 2. The molecule has 3 N–H and O–H groups in total. The zero-order valence-corrected chi connectivity index (χ0v) is 18.2. The van der Waals surface area contributed by atoms with Crippen molar-refractivity contribution in [2.24, 2.45) is 11.7 Å². The Labute approximate surface area is 183 Å². The van der Waals surface area contributed by atoms with E-state index in [0.29, 0.717) is 25.3 Å². The van der Waals surface area contributed by atoms with Crippen molar-refractivity contribution >= 4 is 11.8 Å². The average Bonchev–Trinajstić information content (AvgIpc) is 3.55. The molecule has 1 fully saturated rings. The van der Waals surface area contributed by atoms with Gasteiger partial charge in [-0.2, -0.15) is 0 Å². The van der Waals surface area contributed by atoms with Crippen LogP contribution in [-0.2, 0) is 11.2 Å². The fourth-order valence-electron chi connectivity index (χ4n) is 3.83. The quantitative estimate of drug-likeness (QED) is 0.578. The third-order valence-corrected chi connectivity index (χ3v) is 5.94. The number of nitrogens with two attached hydrogens (primary N) is 1. The number of pyridine rings is 1. The van der Waals surface area contributed by atoms with Gasteiger partial charge in [0.15, 0.2) is 0 Å². The van der Waals surface area contributed by atoms with Crippen LogP contribution < -0.4 is 11.1 Å². The molecular weight excluding hydrogens is 395 g/mol. The minimum absolute atomic E-state index is 0.0107. The highest BCUT2D eigenvalue weighted by Crippen LogP contribution is 2.39. The van der Waals surface area contributed by atoms with E-state index in [1.54, 1.807) is 12.3 Å². The third kappa shape index (κ3) is 6.85. The maximum absolute atomic E-state index is 14.1. The molecule has 7 heteroatoms. The molecule has 6 nitrogen and oxygen atoms in total. The number of likely N-dealkylation sites (N-methyl/N-ethyl adjacent to an activating group) is 1. The van der Waals surface area contributed by atoms with Crippen molar-refractivity contribution in [3.05, 3.63) is 65.2 Å². The number of primary amides is 1. The molecule has 0 unspecified atom stereocenters. The van der Waals surface area contributed by atoms with Gasteiger partial charge in [-0.1, -0.05) is 25.0 Å². The summed E-state index contributed by atoms with van der Waals surface area (Å²) in [4.78, 5) is 30.2. The van der Waals surface area contributed by atoms with Gasteiger partial charge in [-0.15, -0.1) is 0 Å². The van der Waals surface area contributed by atoms with E-state index in [-0.39, 0.29) is 23.4 Å². The molecule has 2 amide bonds. The molecular formula is C24H31FN4O2. The maximum atomic E-state index is 14.1. The second kappa shape index (κ2) is 10.5. The molecule has 0 spiro atoms. The molecule has 1 aliphatic rings. The highest BCUT2D eigenvalue weighted by Gasteiger charge is 2.28. The van der Waals surface area contributed by atoms with Crippen molar-refractivity contribution in [1.29, 1.82) is 0 Å². The van der Waals surface area contributed by atoms with E-state index in [2.05, 4.69) is 10.3 Å². The second-order valence-electron chi connectivity index (χ2n) is 8.67. The summed E-state index contributed by atoms with van der Waals surface area (Å²) in [5.41, 5.74) is 6.91. The Kier molecular flexibility index (Phi) is 7.74. The SMILES string of the molecule is CN(C)[C@H](CNC(=O)C[C@@H](CC1CC1)c1cccnc1)Cc1ccc(C(N)=O)c(F)c1. The molecule has 166 valence electrons. The smallest absolute Gasteiger partial charge is 0.251 e. The van der Waals surface area contributed by atoms with Crippen molar-refractivity contribution in [2.75, 3.05) is 20.6 Å². The van der Waals surface area contributed by atoms with Gasteiger partial charge in [-0.3, -0.25) is 14.6 Å². The number of rotatable bonds is 11. The molecule has 1 heterocycles. The molecule has 1 saturated carbocycles. The van der Waals surface area contributed by atoms with Gasteiger partial charge >= 0.3 is 0 Å². The van der Waals surface area contributed by atoms with Crippen molar-refractivity contribution in [3.63, 3.8) is 0 Å². The summed E-state index contributed by atoms with van der Waals surface area (Å²) in [7, 11) is 3.85. The van der Waals surface area contributed by atoms with Crippen LogP contribution in [0.1, 0.15) is 53.1 Å². The molecule has 0 aliphatic heterocycles. The van der Waals surface area contributed by atoms with E-state index in [1.807, 2.05) is 37.3 Å². The number of hydrogen-bond acceptors (Lipinski definition) is 4. The molecule has 1 aromatic carbocycles. The largest absolute Gasteiger partial charge is 0.366 e. The number of amides is 2. The van der Waals surface area contributed by atoms with Gasteiger partial charge < -0.3 is 16.0 Å². The number of carbonyl (C=O) groups excluding carboxylic acids is 2. The Morgan fingerprint density at radius 1 is 1.29 bits per heavy atom. The summed E-state index contributed by atoms with van der Waals surface area (Å²) in [6.45, 7) is 0.453. The molecule has 2 atom stereocenters. The molecule has 1 aliphatic carbocycles. The van der Waals surface area contributed by atoms with E-state index >= 15 is 0 Å². The molecule has 3 rings (SSSR count). The van der Waals surface area contributed by atoms with Gasteiger partial charge in [0.25, 0.3) is 5.91 Å². The first-order valence-electron chi connectivity index (χ1n) is 10.7. The van der Waals surface area contributed by atoms with E-state index in [9.17, 15) is 14.0 Å². The van der Waals surface area contributed by atoms with Crippen LogP contribution in [0.15, 0.2) is 42.7 Å². The second-order valence-corrected chi connectivity index (χ2v) is 8.67. The molecule has 0 bridgehead atoms. The fourth-order valence-corrected chi connectivity index (χ4v) is 3.83. The lowest BCUT2D eigenvalue weighted by Gasteiger charge is -2.25. The highest BCUT2D eigenvalue weighted by molar-refractivity contribution is 5.93. The fraction of sp³-hybridized carbons (Fsp3) is 0.458. The van der Waals surface area contributed by atoms with Crippen LogP contribution in [0.4, 0.5) is 4.39 Å². The van der Waals surface area contributed by atoms with Gasteiger partial charge in [0.1, 0.15) is 5.82 Å². The monoisotopic (exact) mass is 426 g/mol. The Morgan fingerprint density at radius 3 is 2.65 bits per heavy atom. The lowest BCUT2D eigenvalue weighted by Crippen LogP contribution is -2.42. The molecule has 31 heavy (non-hydrogen) atoms. The number of benzene rings is 1. The maximum Gasteiger partial charge on any atom is 0.251 e. The van der Waals surface area contributed by atoms with Crippen LogP contribution in [0, 0.1) is 11.7 Å². The molecule has 2 aromatic rings. The van der Waals surface area contributed by atoms with Gasteiger partial charge in [0.2, 0.25) is 5.91 Å². The number of halogens is 1. The lowest BCUT2D eigenvalue weighted by molar-refractivity contribution is -0.121. The van der Waals surface area contributed by atoms with Crippen LogP contribution in [0.3, 0.4) is 0 Å². The van der Waals surface area contributed by atoms with Gasteiger partial charge in [0.05, 0.1) is 5.56 Å². The van der Waals surface area contributed by atoms with Crippen LogP contribution in [0.25, 0.3) is 0 Å². The van der Waals surface area contributed by atoms with Crippen molar-refractivity contribution in [1.82, 2.24) is 15.2 Å². The minimum atomic E-state index is -0.783. The van der Waals surface area contributed by atoms with E-state index in [0.717, 1.165) is 17.5 Å². The number of carbonyl (C=O) groups is 2. The summed E-state index contributed by atoms with van der Waals surface area (Å²) in [5, 5.41) is 3.05. The van der Waals surface area contributed by atoms with Gasteiger partial charge in [-0.05, 0) is 68.1 Å². The summed E-state index contributed by atoms with van der Waals surface area (Å²) in [5.74, 6) is -0.502. The Balaban J connectivity index is 1.58. The first-order valence-corrected chi connectivity index (χ1v) is 10.7. The Morgan fingerprint density at radius 2 is 2.06 bits per heavy atom. The van der Waals surface area contributed by atoms with Crippen molar-refractivity contribution < 1.29 is 14.0 Å². The van der Waals surface area contributed by atoms with Crippen molar-refractivity contribution in [3.8, 4) is 0 Å². The van der Waals surface area contributed by atoms with E-state index in [1.165, 1.54) is 25.0 Å². The van der Waals surface area contributed by atoms with Crippen LogP contribution in [0.5, 0.6) is 0 Å². The first-order chi connectivity index (χ1) is 14.8. The molecule has 0 saturated heterocycles. The zero-order chi connectivity index (χ0) is 22.4. The van der Waals surface area contributed by atoms with E-state index < -0.39 is 11.7 Å². The average molecular weight is 427 g/mol. The lowest BCUT2D eigenvalue weighted by atomic mass is 9.91. The summed E-state index contributed by atoms with van der Waals surface area (Å²) in [6.07, 6.45) is 8.08. The molecule has 1 aromatic heterocycles. The summed E-state index contributed by atoms with van der Waals surface area (Å²) in [6, 6.07) is 8.40. The number of aromatic nitrogens is 1. The molecule has 0 radical (unpaired) electrons. The summed E-state index contributed by atoms with van der Waals surface area (Å²) >= 11 is 0.